The van der Waals surface area contributed by atoms with Crippen LogP contribution in [0.2, 0.25) is 0 Å². The molecule has 1 aliphatic heterocycles. The van der Waals surface area contributed by atoms with Gasteiger partial charge in [0.05, 0.1) is 18.6 Å². The lowest BCUT2D eigenvalue weighted by Gasteiger charge is -2.34. The van der Waals surface area contributed by atoms with Crippen LogP contribution in [0.25, 0.3) is 0 Å². The van der Waals surface area contributed by atoms with Gasteiger partial charge in [0.2, 0.25) is 5.91 Å². The van der Waals surface area contributed by atoms with Gasteiger partial charge in [0, 0.05) is 12.5 Å². The van der Waals surface area contributed by atoms with Gasteiger partial charge in [-0.05, 0) is 38.8 Å². The second-order valence-electron chi connectivity index (χ2n) is 6.15. The molecule has 0 bridgehead atoms. The number of carboxylic acid groups (broad SMARTS) is 1. The Bertz CT molecular complexity index is 369. The van der Waals surface area contributed by atoms with Crippen LogP contribution in [-0.2, 0) is 9.59 Å². The summed E-state index contributed by atoms with van der Waals surface area (Å²) in [6, 6.07) is -0.126. The van der Waals surface area contributed by atoms with E-state index in [0.717, 1.165) is 38.8 Å². The summed E-state index contributed by atoms with van der Waals surface area (Å²) in [7, 11) is 0. The Balaban J connectivity index is 1.90. The molecule has 6 nitrogen and oxygen atoms in total. The molecule has 0 aromatic rings. The van der Waals surface area contributed by atoms with Gasteiger partial charge in [-0.1, -0.05) is 12.8 Å². The fourth-order valence-corrected chi connectivity index (χ4v) is 3.46. The number of likely N-dealkylation sites (tertiary alicyclic amines) is 1. The molecule has 1 amide bonds. The molecular formula is C15H26N2O4. The SMILES string of the molecule is O=C(O)CCC(=O)N[C@@H]1CCCC[C@@H](N2CCCC2)[C@@H]1O. The highest BCUT2D eigenvalue weighted by Crippen LogP contribution is 2.26. The quantitative estimate of drug-likeness (QED) is 0.651. The van der Waals surface area contributed by atoms with E-state index < -0.39 is 12.1 Å². The Kier molecular flexibility index (Phi) is 5.99. The van der Waals surface area contributed by atoms with Gasteiger partial charge in [0.25, 0.3) is 0 Å². The number of aliphatic hydroxyl groups is 1. The first-order valence-corrected chi connectivity index (χ1v) is 8.01. The lowest BCUT2D eigenvalue weighted by molar-refractivity contribution is -0.139. The molecule has 6 heteroatoms. The Morgan fingerprint density at radius 1 is 1.05 bits per heavy atom. The third kappa shape index (κ3) is 4.68. The first-order valence-electron chi connectivity index (χ1n) is 8.01. The molecule has 0 aromatic carbocycles. The van der Waals surface area contributed by atoms with Gasteiger partial charge in [-0.15, -0.1) is 0 Å². The van der Waals surface area contributed by atoms with Crippen molar-refractivity contribution in [2.75, 3.05) is 13.1 Å². The van der Waals surface area contributed by atoms with Crippen LogP contribution < -0.4 is 5.32 Å². The van der Waals surface area contributed by atoms with Crippen molar-refractivity contribution >= 4 is 11.9 Å². The average Bonchev–Trinajstić information content (AvgIpc) is 2.91. The van der Waals surface area contributed by atoms with Crippen molar-refractivity contribution in [2.24, 2.45) is 0 Å². The molecule has 3 atom stereocenters. The molecule has 1 saturated heterocycles. The second kappa shape index (κ2) is 7.75. The van der Waals surface area contributed by atoms with Crippen molar-refractivity contribution in [2.45, 2.75) is 69.6 Å². The number of aliphatic hydroxyl groups excluding tert-OH is 1. The van der Waals surface area contributed by atoms with Gasteiger partial charge in [0.1, 0.15) is 0 Å². The minimum Gasteiger partial charge on any atom is -0.481 e. The first-order chi connectivity index (χ1) is 10.1. The van der Waals surface area contributed by atoms with Crippen molar-refractivity contribution in [3.8, 4) is 0 Å². The number of nitrogens with zero attached hydrogens (tertiary/aromatic N) is 1. The number of aliphatic carboxylic acids is 1. The highest BCUT2D eigenvalue weighted by molar-refractivity contribution is 5.80. The van der Waals surface area contributed by atoms with Crippen LogP contribution in [0.15, 0.2) is 0 Å². The van der Waals surface area contributed by atoms with E-state index in [9.17, 15) is 14.7 Å². The molecule has 21 heavy (non-hydrogen) atoms. The van der Waals surface area contributed by atoms with Crippen LogP contribution in [0.5, 0.6) is 0 Å². The summed E-state index contributed by atoms with van der Waals surface area (Å²) in [5.74, 6) is -1.25. The number of nitrogens with one attached hydrogen (secondary N) is 1. The van der Waals surface area contributed by atoms with Crippen molar-refractivity contribution in [3.63, 3.8) is 0 Å². The molecule has 0 unspecified atom stereocenters. The third-order valence-corrected chi connectivity index (χ3v) is 4.59. The summed E-state index contributed by atoms with van der Waals surface area (Å²) in [5.41, 5.74) is 0. The third-order valence-electron chi connectivity index (χ3n) is 4.59. The molecule has 0 aromatic heterocycles. The van der Waals surface area contributed by atoms with E-state index in [1.165, 1.54) is 12.8 Å². The summed E-state index contributed by atoms with van der Waals surface area (Å²) < 4.78 is 0. The molecule has 2 fully saturated rings. The molecule has 0 radical (unpaired) electrons. The number of amides is 1. The van der Waals surface area contributed by atoms with E-state index in [1.807, 2.05) is 0 Å². The van der Waals surface area contributed by atoms with Crippen molar-refractivity contribution < 1.29 is 19.8 Å². The van der Waals surface area contributed by atoms with Gasteiger partial charge < -0.3 is 15.5 Å². The van der Waals surface area contributed by atoms with Crippen LogP contribution in [0.4, 0.5) is 0 Å². The standard InChI is InChI=1S/C15H26N2O4/c18-13(7-8-14(19)20)16-11-5-1-2-6-12(15(11)21)17-9-3-4-10-17/h11-12,15,21H,1-10H2,(H,16,18)(H,19,20)/t11-,12-,15-/m1/s1. The lowest BCUT2D eigenvalue weighted by Crippen LogP contribution is -2.52. The Labute approximate surface area is 125 Å². The molecule has 120 valence electrons. The monoisotopic (exact) mass is 298 g/mol. The van der Waals surface area contributed by atoms with Gasteiger partial charge >= 0.3 is 5.97 Å². The fourth-order valence-electron chi connectivity index (χ4n) is 3.46. The fraction of sp³-hybridized carbons (Fsp3) is 0.867. The van der Waals surface area contributed by atoms with Crippen LogP contribution in [0, 0.1) is 0 Å². The largest absolute Gasteiger partial charge is 0.481 e. The molecular weight excluding hydrogens is 272 g/mol. The maximum Gasteiger partial charge on any atom is 0.303 e. The molecule has 2 aliphatic rings. The van der Waals surface area contributed by atoms with E-state index in [0.29, 0.717) is 0 Å². The Morgan fingerprint density at radius 2 is 1.71 bits per heavy atom. The van der Waals surface area contributed by atoms with Gasteiger partial charge in [-0.25, -0.2) is 0 Å². The van der Waals surface area contributed by atoms with Gasteiger partial charge in [-0.2, -0.15) is 0 Å². The predicted molar refractivity (Wildman–Crippen MR) is 77.9 cm³/mol. The zero-order chi connectivity index (χ0) is 15.2. The minimum absolute atomic E-state index is 0.0209. The number of rotatable bonds is 5. The Morgan fingerprint density at radius 3 is 2.38 bits per heavy atom. The predicted octanol–water partition coefficient (Wildman–Crippen LogP) is 0.735. The van der Waals surface area contributed by atoms with Crippen LogP contribution in [0.1, 0.15) is 51.4 Å². The highest BCUT2D eigenvalue weighted by atomic mass is 16.4. The normalized spacial score (nSPS) is 30.8. The zero-order valence-electron chi connectivity index (χ0n) is 12.5. The van der Waals surface area contributed by atoms with E-state index >= 15 is 0 Å². The van der Waals surface area contributed by atoms with E-state index in [2.05, 4.69) is 10.2 Å². The average molecular weight is 298 g/mol. The summed E-state index contributed by atoms with van der Waals surface area (Å²) >= 11 is 0. The minimum atomic E-state index is -0.971. The summed E-state index contributed by atoms with van der Waals surface area (Å²) in [5, 5.41) is 22.1. The van der Waals surface area contributed by atoms with Crippen LogP contribution in [0.3, 0.4) is 0 Å². The maximum atomic E-state index is 11.8. The van der Waals surface area contributed by atoms with Gasteiger partial charge in [0.15, 0.2) is 0 Å². The maximum absolute atomic E-state index is 11.8. The highest BCUT2D eigenvalue weighted by Gasteiger charge is 2.35. The van der Waals surface area contributed by atoms with E-state index in [-0.39, 0.29) is 30.8 Å². The Hall–Kier alpha value is -1.14. The summed E-state index contributed by atoms with van der Waals surface area (Å²) in [4.78, 5) is 24.6. The van der Waals surface area contributed by atoms with Crippen molar-refractivity contribution in [1.82, 2.24) is 10.2 Å². The molecule has 1 saturated carbocycles. The van der Waals surface area contributed by atoms with Crippen molar-refractivity contribution in [1.29, 1.82) is 0 Å². The van der Waals surface area contributed by atoms with Crippen molar-refractivity contribution in [3.05, 3.63) is 0 Å². The topological polar surface area (TPSA) is 89.9 Å². The van der Waals surface area contributed by atoms with Crippen LogP contribution in [-0.4, -0.2) is 58.3 Å². The van der Waals surface area contributed by atoms with E-state index in [1.54, 1.807) is 0 Å². The number of hydrogen-bond acceptors (Lipinski definition) is 4. The molecule has 0 spiro atoms. The number of hydrogen-bond donors (Lipinski definition) is 3. The molecule has 2 rings (SSSR count). The second-order valence-corrected chi connectivity index (χ2v) is 6.15. The summed E-state index contributed by atoms with van der Waals surface area (Å²) in [6.45, 7) is 2.06. The summed E-state index contributed by atoms with van der Waals surface area (Å²) in [6.07, 6.45) is 5.42. The number of carboxylic acids is 1. The lowest BCUT2D eigenvalue weighted by atomic mass is 10.00. The first kappa shape index (κ1) is 16.2. The molecule has 1 heterocycles. The number of carbonyl (C=O) groups is 2. The van der Waals surface area contributed by atoms with E-state index in [4.69, 9.17) is 5.11 Å². The smallest absolute Gasteiger partial charge is 0.303 e. The number of carbonyl (C=O) groups excluding carboxylic acids is 1. The van der Waals surface area contributed by atoms with Gasteiger partial charge in [-0.3, -0.25) is 14.5 Å². The van der Waals surface area contributed by atoms with Crippen LogP contribution >= 0.6 is 0 Å². The molecule has 1 aliphatic carbocycles. The molecule has 3 N–H and O–H groups in total. The zero-order valence-corrected chi connectivity index (χ0v) is 12.5.